The van der Waals surface area contributed by atoms with Gasteiger partial charge in [0.25, 0.3) is 5.91 Å². The highest BCUT2D eigenvalue weighted by molar-refractivity contribution is 6.07. The molecule has 0 radical (unpaired) electrons. The molecule has 3 amide bonds. The molecule has 0 aromatic heterocycles. The molecule has 2 aliphatic rings. The average Bonchev–Trinajstić information content (AvgIpc) is 2.93. The van der Waals surface area contributed by atoms with E-state index in [2.05, 4.69) is 29.7 Å². The van der Waals surface area contributed by atoms with Gasteiger partial charge in [-0.15, -0.1) is 0 Å². The van der Waals surface area contributed by atoms with Gasteiger partial charge in [0.1, 0.15) is 5.54 Å². The van der Waals surface area contributed by atoms with Gasteiger partial charge >= 0.3 is 6.03 Å². The van der Waals surface area contributed by atoms with Crippen LogP contribution in [0.15, 0.2) is 24.3 Å². The molecule has 0 aliphatic carbocycles. The Morgan fingerprint density at radius 3 is 2.54 bits per heavy atom. The lowest BCUT2D eigenvalue weighted by atomic mass is 9.73. The molecule has 1 aromatic carbocycles. The van der Waals surface area contributed by atoms with E-state index in [-0.39, 0.29) is 23.5 Å². The smallest absolute Gasteiger partial charge is 0.325 e. The molecule has 0 saturated carbocycles. The zero-order valence-corrected chi connectivity index (χ0v) is 17.5. The second-order valence-corrected chi connectivity index (χ2v) is 8.70. The van der Waals surface area contributed by atoms with E-state index in [1.165, 1.54) is 4.90 Å². The van der Waals surface area contributed by atoms with Crippen LogP contribution in [0, 0.1) is 12.8 Å². The lowest BCUT2D eigenvalue weighted by molar-refractivity contribution is -0.134. The van der Waals surface area contributed by atoms with Gasteiger partial charge in [0, 0.05) is 20.1 Å². The fourth-order valence-corrected chi connectivity index (χ4v) is 4.30. The Bertz CT molecular complexity index is 727. The molecule has 1 unspecified atom stereocenters. The van der Waals surface area contributed by atoms with Crippen molar-refractivity contribution >= 4 is 11.9 Å². The molecule has 0 bridgehead atoms. The van der Waals surface area contributed by atoms with Gasteiger partial charge in [-0.2, -0.15) is 0 Å². The molecule has 2 heterocycles. The molecule has 1 aromatic rings. The fraction of sp³-hybridized carbons (Fsp3) is 0.636. The first kappa shape index (κ1) is 20.8. The number of imide groups is 1. The maximum atomic E-state index is 13.6. The van der Waals surface area contributed by atoms with Gasteiger partial charge in [-0.1, -0.05) is 24.3 Å². The van der Waals surface area contributed by atoms with Gasteiger partial charge in [-0.3, -0.25) is 9.69 Å². The Morgan fingerprint density at radius 1 is 1.21 bits per heavy atom. The maximum Gasteiger partial charge on any atom is 0.325 e. The molecule has 0 spiro atoms. The number of hydrogen-bond donors (Lipinski definition) is 2. The lowest BCUT2D eigenvalue weighted by Crippen LogP contribution is -2.57. The first-order valence-electron chi connectivity index (χ1n) is 10.2. The molecule has 2 N–H and O–H groups in total. The largest absolute Gasteiger partial charge is 0.379 e. The van der Waals surface area contributed by atoms with Crippen LogP contribution in [0.25, 0.3) is 0 Å². The van der Waals surface area contributed by atoms with Gasteiger partial charge in [-0.05, 0) is 70.2 Å². The number of carbonyl (C=O) groups is 2. The van der Waals surface area contributed by atoms with Crippen molar-refractivity contribution in [1.82, 2.24) is 15.5 Å². The highest BCUT2D eigenvalue weighted by Crippen LogP contribution is 2.36. The summed E-state index contributed by atoms with van der Waals surface area (Å²) in [5.41, 5.74) is 1.03. The van der Waals surface area contributed by atoms with Crippen molar-refractivity contribution in [2.45, 2.75) is 57.6 Å². The SMILES string of the molecule is COC(C)(C)CCN1C(=O)NC(Cc2ccccc2C)(C2CCNCC2)C1=O. The van der Waals surface area contributed by atoms with Crippen LogP contribution in [-0.2, 0) is 16.0 Å². The van der Waals surface area contributed by atoms with Crippen LogP contribution >= 0.6 is 0 Å². The molecular formula is C22H33N3O3. The van der Waals surface area contributed by atoms with E-state index in [0.717, 1.165) is 37.1 Å². The Balaban J connectivity index is 1.89. The molecule has 2 aliphatic heterocycles. The number of hydrogen-bond acceptors (Lipinski definition) is 4. The van der Waals surface area contributed by atoms with E-state index in [1.54, 1.807) is 7.11 Å². The summed E-state index contributed by atoms with van der Waals surface area (Å²) in [5, 5.41) is 6.50. The van der Waals surface area contributed by atoms with Crippen molar-refractivity contribution < 1.29 is 14.3 Å². The molecule has 28 heavy (non-hydrogen) atoms. The minimum Gasteiger partial charge on any atom is -0.379 e. The van der Waals surface area contributed by atoms with E-state index in [1.807, 2.05) is 26.0 Å². The number of urea groups is 1. The highest BCUT2D eigenvalue weighted by atomic mass is 16.5. The number of ether oxygens (including phenoxy) is 1. The molecule has 6 heteroatoms. The van der Waals surface area contributed by atoms with Crippen LogP contribution in [0.4, 0.5) is 4.79 Å². The van der Waals surface area contributed by atoms with E-state index < -0.39 is 5.54 Å². The summed E-state index contributed by atoms with van der Waals surface area (Å²) >= 11 is 0. The van der Waals surface area contributed by atoms with Gasteiger partial charge in [-0.25, -0.2) is 4.79 Å². The topological polar surface area (TPSA) is 70.7 Å². The van der Waals surface area contributed by atoms with Crippen LogP contribution in [0.2, 0.25) is 0 Å². The zero-order valence-electron chi connectivity index (χ0n) is 17.5. The molecule has 2 fully saturated rings. The van der Waals surface area contributed by atoms with Crippen molar-refractivity contribution in [1.29, 1.82) is 0 Å². The maximum absolute atomic E-state index is 13.6. The standard InChI is InChI=1S/C22H33N3O3/c1-16-7-5-6-8-17(16)15-22(18-9-12-23-13-10-18)19(26)25(20(27)24-22)14-11-21(2,3)28-4/h5-8,18,23H,9-15H2,1-4H3,(H,24,27). The van der Waals surface area contributed by atoms with E-state index in [9.17, 15) is 9.59 Å². The number of nitrogens with one attached hydrogen (secondary N) is 2. The predicted molar refractivity (Wildman–Crippen MR) is 109 cm³/mol. The van der Waals surface area contributed by atoms with Gasteiger partial charge < -0.3 is 15.4 Å². The summed E-state index contributed by atoms with van der Waals surface area (Å²) in [6, 6.07) is 7.85. The molecule has 154 valence electrons. The van der Waals surface area contributed by atoms with Crippen LogP contribution in [0.3, 0.4) is 0 Å². The van der Waals surface area contributed by atoms with Crippen molar-refractivity contribution in [3.8, 4) is 0 Å². The van der Waals surface area contributed by atoms with E-state index in [0.29, 0.717) is 19.4 Å². The number of amides is 3. The monoisotopic (exact) mass is 387 g/mol. The summed E-state index contributed by atoms with van der Waals surface area (Å²) < 4.78 is 5.47. The Morgan fingerprint density at radius 2 is 1.89 bits per heavy atom. The van der Waals surface area contributed by atoms with Crippen LogP contribution in [0.5, 0.6) is 0 Å². The molecule has 2 saturated heterocycles. The fourth-order valence-electron chi connectivity index (χ4n) is 4.30. The van der Waals surface area contributed by atoms with Crippen LogP contribution in [0.1, 0.15) is 44.2 Å². The molecule has 6 nitrogen and oxygen atoms in total. The second kappa shape index (κ2) is 8.21. The third-order valence-electron chi connectivity index (χ3n) is 6.46. The number of piperidine rings is 1. The van der Waals surface area contributed by atoms with Crippen LogP contribution in [-0.4, -0.2) is 54.7 Å². The first-order chi connectivity index (χ1) is 13.3. The van der Waals surface area contributed by atoms with Gasteiger partial charge in [0.05, 0.1) is 5.60 Å². The number of benzene rings is 1. The van der Waals surface area contributed by atoms with E-state index >= 15 is 0 Å². The molecular weight excluding hydrogens is 354 g/mol. The van der Waals surface area contributed by atoms with Crippen molar-refractivity contribution in [2.24, 2.45) is 5.92 Å². The molecule has 1 atom stereocenters. The Labute approximate surface area is 168 Å². The number of nitrogens with zero attached hydrogens (tertiary/aromatic N) is 1. The Kier molecular flexibility index (Phi) is 6.10. The van der Waals surface area contributed by atoms with Crippen LogP contribution < -0.4 is 10.6 Å². The quantitative estimate of drug-likeness (QED) is 0.706. The summed E-state index contributed by atoms with van der Waals surface area (Å²) in [7, 11) is 1.66. The van der Waals surface area contributed by atoms with Crippen molar-refractivity contribution in [3.05, 3.63) is 35.4 Å². The summed E-state index contributed by atoms with van der Waals surface area (Å²) in [6.45, 7) is 8.12. The summed E-state index contributed by atoms with van der Waals surface area (Å²) in [6.07, 6.45) is 2.92. The number of rotatable bonds is 7. The van der Waals surface area contributed by atoms with Crippen molar-refractivity contribution in [3.63, 3.8) is 0 Å². The third kappa shape index (κ3) is 4.08. The number of carbonyl (C=O) groups excluding carboxylic acids is 2. The number of aryl methyl sites for hydroxylation is 1. The molecule has 3 rings (SSSR count). The minimum absolute atomic E-state index is 0.0837. The summed E-state index contributed by atoms with van der Waals surface area (Å²) in [4.78, 5) is 27.9. The average molecular weight is 388 g/mol. The normalized spacial score (nSPS) is 23.9. The third-order valence-corrected chi connectivity index (χ3v) is 6.46. The number of methoxy groups -OCH3 is 1. The highest BCUT2D eigenvalue weighted by Gasteiger charge is 2.55. The first-order valence-corrected chi connectivity index (χ1v) is 10.2. The van der Waals surface area contributed by atoms with E-state index in [4.69, 9.17) is 4.74 Å². The zero-order chi connectivity index (χ0) is 20.4. The van der Waals surface area contributed by atoms with Crippen molar-refractivity contribution in [2.75, 3.05) is 26.7 Å². The minimum atomic E-state index is -0.859. The second-order valence-electron chi connectivity index (χ2n) is 8.70. The predicted octanol–water partition coefficient (Wildman–Crippen LogP) is 2.64. The summed E-state index contributed by atoms with van der Waals surface area (Å²) in [5.74, 6) is 0.0461. The lowest BCUT2D eigenvalue weighted by Gasteiger charge is -2.38. The van der Waals surface area contributed by atoms with Gasteiger partial charge in [0.2, 0.25) is 0 Å². The Hall–Kier alpha value is -1.92. The van der Waals surface area contributed by atoms with Gasteiger partial charge in [0.15, 0.2) is 0 Å².